The Kier molecular flexibility index (Phi) is 4.79. The molecule has 0 aromatic heterocycles. The summed E-state index contributed by atoms with van der Waals surface area (Å²) in [5, 5.41) is 2.41. The van der Waals surface area contributed by atoms with E-state index in [4.69, 9.17) is 4.74 Å². The summed E-state index contributed by atoms with van der Waals surface area (Å²) in [7, 11) is 2.58. The first-order valence-electron chi connectivity index (χ1n) is 5.21. The smallest absolute Gasteiger partial charge is 0.339 e. The molecule has 1 atom stereocenters. The summed E-state index contributed by atoms with van der Waals surface area (Å²) in [6.45, 7) is 1.53. The molecule has 0 saturated heterocycles. The van der Waals surface area contributed by atoms with Crippen molar-refractivity contribution in [3.05, 3.63) is 29.6 Å². The largest absolute Gasteiger partial charge is 0.465 e. The van der Waals surface area contributed by atoms with E-state index in [-0.39, 0.29) is 11.3 Å². The van der Waals surface area contributed by atoms with E-state index in [1.54, 1.807) is 0 Å². The number of methoxy groups -OCH3 is 2. The number of carbonyl (C=O) groups excluding carboxylic acids is 2. The Hall–Kier alpha value is -1.95. The molecule has 1 amide bonds. The van der Waals surface area contributed by atoms with Gasteiger partial charge in [0.1, 0.15) is 11.9 Å². The minimum atomic E-state index is -0.709. The van der Waals surface area contributed by atoms with Gasteiger partial charge in [0.2, 0.25) is 0 Å². The lowest BCUT2D eigenvalue weighted by atomic mass is 10.1. The van der Waals surface area contributed by atoms with Gasteiger partial charge in [0, 0.05) is 7.11 Å². The lowest BCUT2D eigenvalue weighted by Gasteiger charge is -2.13. The molecular weight excluding hydrogens is 241 g/mol. The van der Waals surface area contributed by atoms with E-state index in [1.807, 2.05) is 0 Å². The zero-order valence-corrected chi connectivity index (χ0v) is 10.3. The van der Waals surface area contributed by atoms with Crippen LogP contribution in [-0.4, -0.2) is 32.2 Å². The van der Waals surface area contributed by atoms with Gasteiger partial charge in [0.05, 0.1) is 18.4 Å². The molecular formula is C12H14FNO4. The van der Waals surface area contributed by atoms with Crippen molar-refractivity contribution in [3.8, 4) is 0 Å². The zero-order chi connectivity index (χ0) is 13.7. The number of anilines is 1. The number of amides is 1. The van der Waals surface area contributed by atoms with Gasteiger partial charge >= 0.3 is 5.97 Å². The van der Waals surface area contributed by atoms with Crippen LogP contribution in [-0.2, 0) is 14.3 Å². The average molecular weight is 255 g/mol. The Morgan fingerprint density at radius 2 is 2.00 bits per heavy atom. The van der Waals surface area contributed by atoms with Crippen LogP contribution in [0.3, 0.4) is 0 Å². The van der Waals surface area contributed by atoms with E-state index >= 15 is 0 Å². The quantitative estimate of drug-likeness (QED) is 0.830. The van der Waals surface area contributed by atoms with Crippen molar-refractivity contribution in [1.29, 1.82) is 0 Å². The highest BCUT2D eigenvalue weighted by Crippen LogP contribution is 2.18. The molecule has 0 spiro atoms. The van der Waals surface area contributed by atoms with Crippen LogP contribution in [0.4, 0.5) is 10.1 Å². The summed E-state index contributed by atoms with van der Waals surface area (Å²) in [6, 6.07) is 3.41. The molecule has 1 N–H and O–H groups in total. The van der Waals surface area contributed by atoms with Crippen LogP contribution in [0.5, 0.6) is 0 Å². The van der Waals surface area contributed by atoms with Crippen LogP contribution < -0.4 is 5.32 Å². The van der Waals surface area contributed by atoms with Gasteiger partial charge < -0.3 is 14.8 Å². The van der Waals surface area contributed by atoms with Crippen LogP contribution in [0.2, 0.25) is 0 Å². The summed E-state index contributed by atoms with van der Waals surface area (Å²) in [5.41, 5.74) is 0.131. The first-order valence-corrected chi connectivity index (χ1v) is 5.21. The molecule has 0 fully saturated rings. The second kappa shape index (κ2) is 6.11. The van der Waals surface area contributed by atoms with Crippen LogP contribution in [0, 0.1) is 5.82 Å². The van der Waals surface area contributed by atoms with Crippen molar-refractivity contribution in [3.63, 3.8) is 0 Å². The van der Waals surface area contributed by atoms with E-state index in [2.05, 4.69) is 10.1 Å². The highest BCUT2D eigenvalue weighted by molar-refractivity contribution is 6.02. The number of nitrogens with one attached hydrogen (secondary N) is 1. The maximum Gasteiger partial charge on any atom is 0.339 e. The summed E-state index contributed by atoms with van der Waals surface area (Å²) in [6.07, 6.45) is -0.709. The molecule has 0 aliphatic carbocycles. The van der Waals surface area contributed by atoms with E-state index in [9.17, 15) is 14.0 Å². The average Bonchev–Trinajstić information content (AvgIpc) is 2.37. The SMILES string of the molecule is COC(=O)c1ccc(F)cc1NC(=O)C(C)OC. The highest BCUT2D eigenvalue weighted by atomic mass is 19.1. The number of rotatable bonds is 4. The Labute approximate surface area is 104 Å². The number of hydrogen-bond acceptors (Lipinski definition) is 4. The second-order valence-corrected chi connectivity index (χ2v) is 3.55. The molecule has 98 valence electrons. The molecule has 0 aliphatic heterocycles. The van der Waals surface area contributed by atoms with Crippen molar-refractivity contribution >= 4 is 17.6 Å². The third-order valence-corrected chi connectivity index (χ3v) is 2.37. The molecule has 1 aromatic rings. The number of ether oxygens (including phenoxy) is 2. The van der Waals surface area contributed by atoms with Gasteiger partial charge in [-0.15, -0.1) is 0 Å². The Balaban J connectivity index is 3.03. The predicted molar refractivity (Wildman–Crippen MR) is 62.8 cm³/mol. The zero-order valence-electron chi connectivity index (χ0n) is 10.3. The van der Waals surface area contributed by atoms with Gasteiger partial charge in [-0.05, 0) is 25.1 Å². The Morgan fingerprint density at radius 3 is 2.56 bits per heavy atom. The fraction of sp³-hybridized carbons (Fsp3) is 0.333. The molecule has 1 rings (SSSR count). The molecule has 1 aromatic carbocycles. The topological polar surface area (TPSA) is 64.6 Å². The predicted octanol–water partition coefficient (Wildman–Crippen LogP) is 1.59. The van der Waals surface area contributed by atoms with Gasteiger partial charge in [0.25, 0.3) is 5.91 Å². The summed E-state index contributed by atoms with van der Waals surface area (Å²) < 4.78 is 22.5. The number of hydrogen-bond donors (Lipinski definition) is 1. The molecule has 0 heterocycles. The van der Waals surface area contributed by atoms with Gasteiger partial charge in [-0.25, -0.2) is 9.18 Å². The fourth-order valence-corrected chi connectivity index (χ4v) is 1.25. The molecule has 1 unspecified atom stereocenters. The maximum absolute atomic E-state index is 13.1. The molecule has 0 bridgehead atoms. The third kappa shape index (κ3) is 3.27. The molecule has 5 nitrogen and oxygen atoms in total. The third-order valence-electron chi connectivity index (χ3n) is 2.37. The summed E-state index contributed by atoms with van der Waals surface area (Å²) in [4.78, 5) is 23.0. The lowest BCUT2D eigenvalue weighted by molar-refractivity contribution is -0.124. The van der Waals surface area contributed by atoms with E-state index < -0.39 is 23.8 Å². The van der Waals surface area contributed by atoms with Gasteiger partial charge in [-0.2, -0.15) is 0 Å². The van der Waals surface area contributed by atoms with Gasteiger partial charge in [-0.1, -0.05) is 0 Å². The van der Waals surface area contributed by atoms with E-state index in [0.29, 0.717) is 0 Å². The highest BCUT2D eigenvalue weighted by Gasteiger charge is 2.17. The standard InChI is InChI=1S/C12H14FNO4/c1-7(17-2)11(15)14-10-6-8(13)4-5-9(10)12(16)18-3/h4-7H,1-3H3,(H,14,15). The Morgan fingerprint density at radius 1 is 1.33 bits per heavy atom. The van der Waals surface area contributed by atoms with Crippen LogP contribution >= 0.6 is 0 Å². The van der Waals surface area contributed by atoms with Crippen molar-refractivity contribution in [2.45, 2.75) is 13.0 Å². The monoisotopic (exact) mass is 255 g/mol. The van der Waals surface area contributed by atoms with Crippen molar-refractivity contribution in [2.75, 3.05) is 19.5 Å². The first kappa shape index (κ1) is 14.1. The molecule has 0 saturated carbocycles. The van der Waals surface area contributed by atoms with E-state index in [1.165, 1.54) is 27.2 Å². The number of carbonyl (C=O) groups is 2. The first-order chi connectivity index (χ1) is 8.49. The summed E-state index contributed by atoms with van der Waals surface area (Å²) in [5.74, 6) is -1.70. The van der Waals surface area contributed by atoms with Crippen molar-refractivity contribution in [1.82, 2.24) is 0 Å². The van der Waals surface area contributed by atoms with Crippen LogP contribution in [0.1, 0.15) is 17.3 Å². The summed E-state index contributed by atoms with van der Waals surface area (Å²) >= 11 is 0. The van der Waals surface area contributed by atoms with Crippen molar-refractivity contribution in [2.24, 2.45) is 0 Å². The Bertz CT molecular complexity index is 461. The molecule has 0 aliphatic rings. The van der Waals surface area contributed by atoms with Crippen LogP contribution in [0.25, 0.3) is 0 Å². The molecule has 18 heavy (non-hydrogen) atoms. The lowest BCUT2D eigenvalue weighted by Crippen LogP contribution is -2.27. The molecule has 0 radical (unpaired) electrons. The minimum Gasteiger partial charge on any atom is -0.465 e. The number of halogens is 1. The van der Waals surface area contributed by atoms with Crippen LogP contribution in [0.15, 0.2) is 18.2 Å². The second-order valence-electron chi connectivity index (χ2n) is 3.55. The minimum absolute atomic E-state index is 0.0516. The van der Waals surface area contributed by atoms with Gasteiger partial charge in [-0.3, -0.25) is 4.79 Å². The van der Waals surface area contributed by atoms with E-state index in [0.717, 1.165) is 12.1 Å². The van der Waals surface area contributed by atoms with Crippen molar-refractivity contribution < 1.29 is 23.5 Å². The number of benzene rings is 1. The fourth-order valence-electron chi connectivity index (χ4n) is 1.25. The normalized spacial score (nSPS) is 11.8. The molecule has 6 heteroatoms. The maximum atomic E-state index is 13.1. The van der Waals surface area contributed by atoms with Gasteiger partial charge in [0.15, 0.2) is 0 Å². The number of esters is 1.